The van der Waals surface area contributed by atoms with Crippen LogP contribution in [0.15, 0.2) is 42.5 Å². The molecule has 120 valence electrons. The van der Waals surface area contributed by atoms with Gasteiger partial charge in [0.1, 0.15) is 17.3 Å². The van der Waals surface area contributed by atoms with Gasteiger partial charge in [0.15, 0.2) is 0 Å². The van der Waals surface area contributed by atoms with Crippen molar-refractivity contribution in [3.05, 3.63) is 64.2 Å². The maximum atomic E-state index is 13.1. The molecule has 0 bridgehead atoms. The van der Waals surface area contributed by atoms with Crippen LogP contribution >= 0.6 is 0 Å². The molecule has 0 fully saturated rings. The van der Waals surface area contributed by atoms with Crippen LogP contribution in [0.25, 0.3) is 0 Å². The number of carbonyl (C=O) groups is 1. The van der Waals surface area contributed by atoms with Gasteiger partial charge in [-0.05, 0) is 36.4 Å². The molecule has 0 heterocycles. The van der Waals surface area contributed by atoms with Gasteiger partial charge in [-0.3, -0.25) is 14.9 Å². The summed E-state index contributed by atoms with van der Waals surface area (Å²) in [5, 5.41) is 13.5. The summed E-state index contributed by atoms with van der Waals surface area (Å²) in [6.07, 6.45) is 0. The molecule has 1 N–H and O–H groups in total. The molecular weight excluding hydrogens is 308 g/mol. The topological polar surface area (TPSA) is 75.5 Å². The summed E-state index contributed by atoms with van der Waals surface area (Å²) in [7, 11) is 1.48. The Hall–Kier alpha value is -3.03. The van der Waals surface area contributed by atoms with Crippen molar-refractivity contribution in [3.8, 4) is 0 Å². The minimum absolute atomic E-state index is 0.116. The molecule has 2 aromatic rings. The Kier molecular flexibility index (Phi) is 4.85. The number of rotatable bonds is 5. The van der Waals surface area contributed by atoms with E-state index in [2.05, 4.69) is 5.32 Å². The third-order valence-electron chi connectivity index (χ3n) is 3.05. The number of nitro benzene ring substituents is 1. The second-order valence-corrected chi connectivity index (χ2v) is 4.80. The lowest BCUT2D eigenvalue weighted by atomic mass is 10.2. The number of nitro groups is 1. The Labute approximate surface area is 130 Å². The van der Waals surface area contributed by atoms with E-state index in [4.69, 9.17) is 0 Å². The number of amides is 1. The molecule has 8 heteroatoms. The van der Waals surface area contributed by atoms with Crippen molar-refractivity contribution < 1.29 is 18.5 Å². The minimum Gasteiger partial charge on any atom is -0.360 e. The molecule has 2 aromatic carbocycles. The number of carbonyl (C=O) groups excluding carboxylic acids is 1. The largest absolute Gasteiger partial charge is 0.360 e. The van der Waals surface area contributed by atoms with E-state index in [-0.39, 0.29) is 12.2 Å². The molecule has 23 heavy (non-hydrogen) atoms. The number of nitrogens with one attached hydrogen (secondary N) is 1. The Bertz CT molecular complexity index is 735. The molecule has 0 aromatic heterocycles. The van der Waals surface area contributed by atoms with Crippen molar-refractivity contribution in [2.75, 3.05) is 23.8 Å². The van der Waals surface area contributed by atoms with Crippen LogP contribution in [-0.2, 0) is 4.79 Å². The van der Waals surface area contributed by atoms with Crippen LogP contribution in [-0.4, -0.2) is 24.4 Å². The van der Waals surface area contributed by atoms with Crippen molar-refractivity contribution in [1.82, 2.24) is 0 Å². The molecule has 0 radical (unpaired) electrons. The predicted molar refractivity (Wildman–Crippen MR) is 81.4 cm³/mol. The van der Waals surface area contributed by atoms with Gasteiger partial charge in [-0.2, -0.15) is 0 Å². The molecule has 0 atom stereocenters. The van der Waals surface area contributed by atoms with E-state index >= 15 is 0 Å². The molecule has 2 rings (SSSR count). The molecule has 6 nitrogen and oxygen atoms in total. The zero-order valence-electron chi connectivity index (χ0n) is 12.1. The smallest absolute Gasteiger partial charge is 0.295 e. The summed E-state index contributed by atoms with van der Waals surface area (Å²) in [5.41, 5.74) is 0.0890. The van der Waals surface area contributed by atoms with E-state index in [1.807, 2.05) is 0 Å². The third-order valence-corrected chi connectivity index (χ3v) is 3.05. The monoisotopic (exact) mass is 321 g/mol. The van der Waals surface area contributed by atoms with Gasteiger partial charge in [0.2, 0.25) is 5.91 Å². The summed E-state index contributed by atoms with van der Waals surface area (Å²) in [5.74, 6) is -1.61. The molecule has 0 aliphatic heterocycles. The van der Waals surface area contributed by atoms with Crippen molar-refractivity contribution in [1.29, 1.82) is 0 Å². The summed E-state index contributed by atoms with van der Waals surface area (Å²) in [6.45, 7) is -0.191. The average molecular weight is 321 g/mol. The summed E-state index contributed by atoms with van der Waals surface area (Å²) < 4.78 is 25.9. The van der Waals surface area contributed by atoms with Gasteiger partial charge < -0.3 is 10.2 Å². The second-order valence-electron chi connectivity index (χ2n) is 4.80. The third kappa shape index (κ3) is 4.22. The highest BCUT2D eigenvalue weighted by Gasteiger charge is 2.19. The summed E-state index contributed by atoms with van der Waals surface area (Å²) in [6, 6.07) is 8.30. The average Bonchev–Trinajstić information content (AvgIpc) is 2.49. The molecule has 0 saturated heterocycles. The highest BCUT2D eigenvalue weighted by Crippen LogP contribution is 2.27. The predicted octanol–water partition coefficient (Wildman–Crippen LogP) is 2.95. The summed E-state index contributed by atoms with van der Waals surface area (Å²) in [4.78, 5) is 23.5. The first-order valence-corrected chi connectivity index (χ1v) is 6.57. The van der Waals surface area contributed by atoms with Crippen LogP contribution in [0.1, 0.15) is 0 Å². The first-order chi connectivity index (χ1) is 10.9. The zero-order chi connectivity index (χ0) is 17.0. The zero-order valence-corrected chi connectivity index (χ0v) is 12.1. The van der Waals surface area contributed by atoms with E-state index < -0.39 is 28.2 Å². The maximum absolute atomic E-state index is 13.1. The van der Waals surface area contributed by atoms with Crippen molar-refractivity contribution in [2.24, 2.45) is 0 Å². The molecule has 0 aliphatic carbocycles. The molecule has 0 unspecified atom stereocenters. The Morgan fingerprint density at radius 1 is 1.17 bits per heavy atom. The van der Waals surface area contributed by atoms with Gasteiger partial charge in [0.25, 0.3) is 5.69 Å². The van der Waals surface area contributed by atoms with E-state index in [1.165, 1.54) is 42.3 Å². The molecule has 0 spiro atoms. The van der Waals surface area contributed by atoms with Crippen molar-refractivity contribution in [3.63, 3.8) is 0 Å². The number of benzene rings is 2. The van der Waals surface area contributed by atoms with Gasteiger partial charge in [-0.25, -0.2) is 8.78 Å². The number of nitrogens with zero attached hydrogens (tertiary/aromatic N) is 2. The molecule has 1 amide bonds. The van der Waals surface area contributed by atoms with E-state index in [1.54, 1.807) is 0 Å². The van der Waals surface area contributed by atoms with Gasteiger partial charge in [0, 0.05) is 12.7 Å². The quantitative estimate of drug-likeness (QED) is 0.678. The lowest BCUT2D eigenvalue weighted by Gasteiger charge is -2.18. The van der Waals surface area contributed by atoms with Crippen LogP contribution in [0.3, 0.4) is 0 Å². The van der Waals surface area contributed by atoms with Crippen LogP contribution in [0.4, 0.5) is 25.8 Å². The first-order valence-electron chi connectivity index (χ1n) is 6.57. The number of hydrogen-bond acceptors (Lipinski definition) is 4. The van der Waals surface area contributed by atoms with Gasteiger partial charge in [-0.1, -0.05) is 0 Å². The molecule has 0 aliphatic rings. The van der Waals surface area contributed by atoms with E-state index in [0.29, 0.717) is 5.69 Å². The first kappa shape index (κ1) is 16.3. The molecule has 0 saturated carbocycles. The fourth-order valence-corrected chi connectivity index (χ4v) is 2.00. The lowest BCUT2D eigenvalue weighted by molar-refractivity contribution is -0.384. The summed E-state index contributed by atoms with van der Waals surface area (Å²) >= 11 is 0. The van der Waals surface area contributed by atoms with Gasteiger partial charge in [0.05, 0.1) is 17.5 Å². The Morgan fingerprint density at radius 2 is 1.78 bits per heavy atom. The minimum atomic E-state index is -0.732. The van der Waals surface area contributed by atoms with Gasteiger partial charge in [-0.15, -0.1) is 0 Å². The maximum Gasteiger partial charge on any atom is 0.295 e. The molecular formula is C15H13F2N3O3. The fourth-order valence-electron chi connectivity index (χ4n) is 2.00. The lowest BCUT2D eigenvalue weighted by Crippen LogP contribution is -2.30. The Balaban J connectivity index is 2.09. The number of likely N-dealkylation sites (N-methyl/N-ethyl adjacent to an activating group) is 1. The number of hydrogen-bond donors (Lipinski definition) is 1. The van der Waals surface area contributed by atoms with Gasteiger partial charge >= 0.3 is 0 Å². The second kappa shape index (κ2) is 6.82. The SMILES string of the molecule is CN(CC(=O)Nc1ccc(F)cc1)c1ccc(F)cc1[N+](=O)[O-]. The highest BCUT2D eigenvalue weighted by molar-refractivity contribution is 5.94. The van der Waals surface area contributed by atoms with E-state index in [0.717, 1.165) is 12.1 Å². The van der Waals surface area contributed by atoms with Crippen LogP contribution in [0.2, 0.25) is 0 Å². The highest BCUT2D eigenvalue weighted by atomic mass is 19.1. The van der Waals surface area contributed by atoms with E-state index in [9.17, 15) is 23.7 Å². The van der Waals surface area contributed by atoms with Crippen LogP contribution < -0.4 is 10.2 Å². The van der Waals surface area contributed by atoms with Crippen LogP contribution in [0, 0.1) is 21.7 Å². The van der Waals surface area contributed by atoms with Crippen molar-refractivity contribution >= 4 is 23.0 Å². The fraction of sp³-hybridized carbons (Fsp3) is 0.133. The number of anilines is 2. The number of halogens is 2. The normalized spacial score (nSPS) is 10.2. The standard InChI is InChI=1S/C15H13F2N3O3/c1-19(13-7-4-11(17)8-14(13)20(22)23)9-15(21)18-12-5-2-10(16)3-6-12/h2-8H,9H2,1H3,(H,18,21). The van der Waals surface area contributed by atoms with Crippen LogP contribution in [0.5, 0.6) is 0 Å². The van der Waals surface area contributed by atoms with Crippen molar-refractivity contribution in [2.45, 2.75) is 0 Å². The Morgan fingerprint density at radius 3 is 2.39 bits per heavy atom.